The maximum Gasteiger partial charge on any atom is 0.534 e. The number of benzene rings is 3. The molecule has 0 fully saturated rings. The summed E-state index contributed by atoms with van der Waals surface area (Å²) < 4.78 is 67.0. The normalized spacial score (nSPS) is 13.9. The molecule has 1 aliphatic heterocycles. The van der Waals surface area contributed by atoms with E-state index in [1.54, 1.807) is 49.4 Å². The lowest BCUT2D eigenvalue weighted by Gasteiger charge is -2.33. The summed E-state index contributed by atoms with van der Waals surface area (Å²) in [4.78, 5) is 14.1. The molecular formula is C22H15Cl2F3N2O4S. The van der Waals surface area contributed by atoms with Crippen LogP contribution in [0.3, 0.4) is 0 Å². The van der Waals surface area contributed by atoms with Crippen molar-refractivity contribution in [2.45, 2.75) is 19.0 Å². The van der Waals surface area contributed by atoms with Gasteiger partial charge in [0.05, 0.1) is 16.4 Å². The van der Waals surface area contributed by atoms with Crippen molar-refractivity contribution in [3.8, 4) is 16.9 Å². The van der Waals surface area contributed by atoms with Crippen molar-refractivity contribution in [3.05, 3.63) is 75.8 Å². The maximum atomic E-state index is 13.0. The smallest absolute Gasteiger partial charge is 0.376 e. The van der Waals surface area contributed by atoms with Crippen molar-refractivity contribution in [1.29, 1.82) is 0 Å². The molecule has 12 heteroatoms. The summed E-state index contributed by atoms with van der Waals surface area (Å²) in [6.45, 7) is 1.70. The molecule has 34 heavy (non-hydrogen) atoms. The minimum Gasteiger partial charge on any atom is -0.376 e. The molecule has 0 saturated carbocycles. The van der Waals surface area contributed by atoms with Crippen LogP contribution >= 0.6 is 23.2 Å². The molecule has 6 nitrogen and oxygen atoms in total. The van der Waals surface area contributed by atoms with Gasteiger partial charge in [0.2, 0.25) is 0 Å². The number of rotatable bonds is 4. The number of para-hydroxylation sites is 1. The summed E-state index contributed by atoms with van der Waals surface area (Å²) in [6.07, 6.45) is 0. The van der Waals surface area contributed by atoms with Gasteiger partial charge in [-0.2, -0.15) is 21.6 Å². The van der Waals surface area contributed by atoms with E-state index in [0.717, 1.165) is 12.1 Å². The molecule has 2 amide bonds. The molecule has 0 unspecified atom stereocenters. The fourth-order valence-electron chi connectivity index (χ4n) is 3.64. The fraction of sp³-hybridized carbons (Fsp3) is 0.136. The Morgan fingerprint density at radius 3 is 2.32 bits per heavy atom. The van der Waals surface area contributed by atoms with E-state index in [4.69, 9.17) is 23.2 Å². The maximum absolute atomic E-state index is 13.0. The van der Waals surface area contributed by atoms with Gasteiger partial charge in [0.15, 0.2) is 0 Å². The van der Waals surface area contributed by atoms with Gasteiger partial charge in [-0.1, -0.05) is 53.5 Å². The zero-order valence-corrected chi connectivity index (χ0v) is 19.6. The first-order valence-electron chi connectivity index (χ1n) is 9.66. The van der Waals surface area contributed by atoms with Crippen LogP contribution in [0.15, 0.2) is 54.6 Å². The van der Waals surface area contributed by atoms with Crippen molar-refractivity contribution in [1.82, 2.24) is 5.32 Å². The highest BCUT2D eigenvalue weighted by molar-refractivity contribution is 7.88. The lowest BCUT2D eigenvalue weighted by Crippen LogP contribution is -2.42. The number of nitrogens with one attached hydrogen (secondary N) is 1. The molecule has 1 aliphatic rings. The highest BCUT2D eigenvalue weighted by atomic mass is 35.5. The molecule has 0 spiro atoms. The monoisotopic (exact) mass is 530 g/mol. The van der Waals surface area contributed by atoms with Crippen molar-refractivity contribution in [2.24, 2.45) is 0 Å². The van der Waals surface area contributed by atoms with Crippen LogP contribution in [0, 0.1) is 6.92 Å². The molecule has 0 radical (unpaired) electrons. The Kier molecular flexibility index (Phi) is 6.17. The predicted octanol–water partition coefficient (Wildman–Crippen LogP) is 6.56. The Hall–Kier alpha value is -2.95. The van der Waals surface area contributed by atoms with Gasteiger partial charge in [-0.3, -0.25) is 4.90 Å². The minimum absolute atomic E-state index is 0.00102. The number of aryl methyl sites for hydroxylation is 1. The number of nitrogens with zero attached hydrogens (tertiary/aromatic N) is 1. The summed E-state index contributed by atoms with van der Waals surface area (Å²) in [5.74, 6) is -0.643. The minimum atomic E-state index is -5.98. The highest BCUT2D eigenvalue weighted by Gasteiger charge is 2.48. The van der Waals surface area contributed by atoms with E-state index in [9.17, 15) is 26.4 Å². The van der Waals surface area contributed by atoms with E-state index in [-0.39, 0.29) is 33.5 Å². The molecular weight excluding hydrogens is 516 g/mol. The van der Waals surface area contributed by atoms with Gasteiger partial charge in [0, 0.05) is 28.8 Å². The lowest BCUT2D eigenvalue weighted by molar-refractivity contribution is -0.0500. The summed E-state index contributed by atoms with van der Waals surface area (Å²) in [7, 11) is -5.98. The summed E-state index contributed by atoms with van der Waals surface area (Å²) >= 11 is 12.7. The zero-order valence-electron chi connectivity index (χ0n) is 17.3. The van der Waals surface area contributed by atoms with Gasteiger partial charge < -0.3 is 9.50 Å². The third-order valence-corrected chi connectivity index (χ3v) is 6.74. The van der Waals surface area contributed by atoms with Crippen molar-refractivity contribution < 1.29 is 30.6 Å². The number of fused-ring (bicyclic) bond motifs is 1. The third-order valence-electron chi connectivity index (χ3n) is 5.13. The Balaban J connectivity index is 2.02. The Morgan fingerprint density at radius 2 is 1.68 bits per heavy atom. The first-order chi connectivity index (χ1) is 15.9. The first-order valence-corrected chi connectivity index (χ1v) is 11.8. The van der Waals surface area contributed by atoms with Gasteiger partial charge in [0.25, 0.3) is 0 Å². The summed E-state index contributed by atoms with van der Waals surface area (Å²) in [5, 5.41) is 3.18. The van der Waals surface area contributed by atoms with Gasteiger partial charge in [0.1, 0.15) is 5.75 Å². The van der Waals surface area contributed by atoms with Gasteiger partial charge >= 0.3 is 21.7 Å². The number of hydrogen-bond acceptors (Lipinski definition) is 4. The van der Waals surface area contributed by atoms with Gasteiger partial charge in [-0.05, 0) is 36.2 Å². The van der Waals surface area contributed by atoms with Gasteiger partial charge in [-0.15, -0.1) is 0 Å². The number of halogens is 5. The quantitative estimate of drug-likeness (QED) is 0.306. The van der Waals surface area contributed by atoms with Crippen LogP contribution in [0.1, 0.15) is 11.1 Å². The molecule has 178 valence electrons. The highest BCUT2D eigenvalue weighted by Crippen LogP contribution is 2.45. The number of alkyl halides is 3. The van der Waals surface area contributed by atoms with Crippen LogP contribution in [0.4, 0.5) is 29.3 Å². The van der Waals surface area contributed by atoms with E-state index < -0.39 is 27.4 Å². The zero-order chi connectivity index (χ0) is 24.8. The molecule has 0 atom stereocenters. The molecule has 0 aromatic heterocycles. The van der Waals surface area contributed by atoms with E-state index in [0.29, 0.717) is 16.7 Å². The molecule has 3 aromatic carbocycles. The summed E-state index contributed by atoms with van der Waals surface area (Å²) in [6, 6.07) is 13.0. The largest absolute Gasteiger partial charge is 0.534 e. The molecule has 0 bridgehead atoms. The average Bonchev–Trinajstić information content (AvgIpc) is 2.74. The van der Waals surface area contributed by atoms with E-state index >= 15 is 0 Å². The Morgan fingerprint density at radius 1 is 1.00 bits per heavy atom. The van der Waals surface area contributed by atoms with E-state index in [1.807, 2.05) is 0 Å². The third kappa shape index (κ3) is 4.28. The van der Waals surface area contributed by atoms with Crippen LogP contribution in [-0.4, -0.2) is 20.0 Å². The van der Waals surface area contributed by atoms with Crippen molar-refractivity contribution >= 4 is 50.7 Å². The second-order valence-corrected chi connectivity index (χ2v) is 9.68. The van der Waals surface area contributed by atoms with Crippen molar-refractivity contribution in [3.63, 3.8) is 0 Å². The topological polar surface area (TPSA) is 75.7 Å². The number of carbonyl (C=O) groups is 1. The molecule has 0 aliphatic carbocycles. The van der Waals surface area contributed by atoms with Crippen molar-refractivity contribution in [2.75, 3.05) is 4.90 Å². The number of anilines is 2. The molecule has 1 N–H and O–H groups in total. The first kappa shape index (κ1) is 24.2. The second-order valence-electron chi connectivity index (χ2n) is 7.33. The molecule has 3 aromatic rings. The molecule has 0 saturated heterocycles. The Labute approximate surface area is 203 Å². The lowest BCUT2D eigenvalue weighted by atomic mass is 9.95. The van der Waals surface area contributed by atoms with E-state index in [2.05, 4.69) is 9.50 Å². The predicted molar refractivity (Wildman–Crippen MR) is 123 cm³/mol. The molecule has 1 heterocycles. The number of carbonyl (C=O) groups excluding carboxylic acids is 1. The molecule has 4 rings (SSSR count). The van der Waals surface area contributed by atoms with Crippen LogP contribution in [0.2, 0.25) is 10.0 Å². The standard InChI is InChI=1S/C22H15Cl2F3N2O4S/c1-12-5-4-8-18(24)20(12)29-19-10-13(33-34(31,32)22(25,26)27)9-15(16(19)11-28-21(29)30)14-6-2-3-7-17(14)23/h2-10H,11H2,1H3,(H,28,30). The van der Waals surface area contributed by atoms with Crippen LogP contribution in [0.5, 0.6) is 5.75 Å². The second kappa shape index (κ2) is 8.68. The number of hydrogen-bond donors (Lipinski definition) is 1. The summed E-state index contributed by atoms with van der Waals surface area (Å²) in [5.41, 5.74) is -3.50. The SMILES string of the molecule is Cc1cccc(Cl)c1N1C(=O)NCc2c(-c3ccccc3Cl)cc(OS(=O)(=O)C(F)(F)F)cc21. The van der Waals surface area contributed by atoms with Gasteiger partial charge in [-0.25, -0.2) is 4.79 Å². The Bertz CT molecular complexity index is 1390. The fourth-order valence-corrected chi connectivity index (χ4v) is 4.63. The number of urea groups is 1. The van der Waals surface area contributed by atoms with Crippen LogP contribution in [0.25, 0.3) is 11.1 Å². The number of amides is 2. The average molecular weight is 531 g/mol. The van der Waals surface area contributed by atoms with E-state index in [1.165, 1.54) is 4.90 Å². The van der Waals surface area contributed by atoms with Crippen LogP contribution < -0.4 is 14.4 Å². The van der Waals surface area contributed by atoms with Crippen LogP contribution in [-0.2, 0) is 16.7 Å².